The van der Waals surface area contributed by atoms with Crippen LogP contribution in [-0.2, 0) is 9.59 Å². The Bertz CT molecular complexity index is 649. The van der Waals surface area contributed by atoms with Gasteiger partial charge in [0.1, 0.15) is 0 Å². The molecule has 1 N–H and O–H groups in total. The van der Waals surface area contributed by atoms with Gasteiger partial charge >= 0.3 is 0 Å². The molecule has 0 spiro atoms. The maximum atomic E-state index is 12.3. The molecule has 2 heterocycles. The zero-order valence-electron chi connectivity index (χ0n) is 13.3. The molecule has 24 heavy (non-hydrogen) atoms. The first-order valence-corrected chi connectivity index (χ1v) is 9.91. The third-order valence-electron chi connectivity index (χ3n) is 4.20. The van der Waals surface area contributed by atoms with Crippen LogP contribution in [0.1, 0.15) is 43.4 Å². The molecule has 0 radical (unpaired) electrons. The van der Waals surface area contributed by atoms with E-state index in [1.54, 1.807) is 6.08 Å². The molecule has 1 aliphatic carbocycles. The molecule has 0 aromatic carbocycles. The van der Waals surface area contributed by atoms with Crippen LogP contribution < -0.4 is 5.32 Å². The fraction of sp³-hybridized carbons (Fsp3) is 0.471. The summed E-state index contributed by atoms with van der Waals surface area (Å²) in [4.78, 5) is 38.9. The topological polar surface area (TPSA) is 66.5 Å². The first-order valence-electron chi connectivity index (χ1n) is 8.22. The lowest BCUT2D eigenvalue weighted by Gasteiger charge is -2.14. The van der Waals surface area contributed by atoms with Crippen molar-refractivity contribution < 1.29 is 14.4 Å². The van der Waals surface area contributed by atoms with Crippen molar-refractivity contribution in [2.45, 2.75) is 44.6 Å². The van der Waals surface area contributed by atoms with Crippen LogP contribution in [-0.4, -0.2) is 34.5 Å². The summed E-state index contributed by atoms with van der Waals surface area (Å²) in [6, 6.07) is 4.12. The minimum absolute atomic E-state index is 0.0167. The molecule has 0 atom stereocenters. The molecule has 128 valence electrons. The number of hydrogen-bond acceptors (Lipinski definition) is 5. The van der Waals surface area contributed by atoms with Crippen LogP contribution in [0.15, 0.2) is 22.4 Å². The number of amides is 3. The summed E-state index contributed by atoms with van der Waals surface area (Å²) in [5.74, 6) is -0.238. The van der Waals surface area contributed by atoms with Crippen molar-refractivity contribution in [1.82, 2.24) is 10.2 Å². The van der Waals surface area contributed by atoms with Gasteiger partial charge in [-0.3, -0.25) is 19.3 Å². The van der Waals surface area contributed by atoms with E-state index in [0.29, 0.717) is 30.3 Å². The molecule has 0 unspecified atom stereocenters. The number of nitrogens with one attached hydrogen (secondary N) is 1. The summed E-state index contributed by atoms with van der Waals surface area (Å²) in [6.45, 7) is 0.296. The molecule has 0 bridgehead atoms. The van der Waals surface area contributed by atoms with E-state index in [0.717, 1.165) is 29.5 Å². The van der Waals surface area contributed by atoms with E-state index >= 15 is 0 Å². The number of nitrogens with zero attached hydrogens (tertiary/aromatic N) is 1. The van der Waals surface area contributed by atoms with Crippen LogP contribution in [0.3, 0.4) is 0 Å². The molecule has 2 aliphatic rings. The fourth-order valence-corrected chi connectivity index (χ4v) is 4.55. The smallest absolute Gasteiger partial charge is 0.293 e. The Morgan fingerprint density at radius 2 is 2.12 bits per heavy atom. The Labute approximate surface area is 149 Å². The number of rotatable bonds is 6. The van der Waals surface area contributed by atoms with Crippen LogP contribution in [0.25, 0.3) is 6.08 Å². The molecule has 1 aromatic rings. The summed E-state index contributed by atoms with van der Waals surface area (Å²) < 4.78 is 0. The second kappa shape index (κ2) is 7.98. The lowest BCUT2D eigenvalue weighted by molar-refractivity contribution is -0.124. The summed E-state index contributed by atoms with van der Waals surface area (Å²) in [6.07, 6.45) is 7.08. The van der Waals surface area contributed by atoms with Crippen molar-refractivity contribution >= 4 is 46.2 Å². The van der Waals surface area contributed by atoms with Gasteiger partial charge in [-0.25, -0.2) is 0 Å². The lowest BCUT2D eigenvalue weighted by atomic mass is 10.2. The second-order valence-corrected chi connectivity index (χ2v) is 7.97. The predicted molar refractivity (Wildman–Crippen MR) is 96.6 cm³/mol. The van der Waals surface area contributed by atoms with Gasteiger partial charge in [-0.15, -0.1) is 11.3 Å². The zero-order valence-corrected chi connectivity index (χ0v) is 15.0. The largest absolute Gasteiger partial charge is 0.353 e. The number of thioether (sulfide) groups is 1. The van der Waals surface area contributed by atoms with E-state index in [-0.39, 0.29) is 17.1 Å². The molecular weight excluding hydrogens is 344 g/mol. The van der Waals surface area contributed by atoms with Crippen molar-refractivity contribution in [2.75, 3.05) is 6.54 Å². The second-order valence-electron chi connectivity index (χ2n) is 6.00. The van der Waals surface area contributed by atoms with E-state index in [2.05, 4.69) is 5.32 Å². The third kappa shape index (κ3) is 4.27. The average molecular weight is 364 g/mol. The van der Waals surface area contributed by atoms with E-state index in [9.17, 15) is 14.4 Å². The van der Waals surface area contributed by atoms with Crippen molar-refractivity contribution in [3.63, 3.8) is 0 Å². The van der Waals surface area contributed by atoms with Gasteiger partial charge in [-0.1, -0.05) is 18.9 Å². The van der Waals surface area contributed by atoms with Gasteiger partial charge in [0.05, 0.1) is 4.91 Å². The van der Waals surface area contributed by atoms with Crippen LogP contribution >= 0.6 is 23.1 Å². The van der Waals surface area contributed by atoms with Gasteiger partial charge in [0.25, 0.3) is 11.1 Å². The zero-order chi connectivity index (χ0) is 16.9. The molecule has 3 amide bonds. The number of imide groups is 1. The number of carbonyl (C=O) groups is 3. The fourth-order valence-electron chi connectivity index (χ4n) is 2.96. The third-order valence-corrected chi connectivity index (χ3v) is 5.92. The van der Waals surface area contributed by atoms with Gasteiger partial charge in [0, 0.05) is 23.9 Å². The number of carbonyl (C=O) groups excluding carboxylic acids is 3. The Balaban J connectivity index is 1.47. The number of hydrogen-bond donors (Lipinski definition) is 1. The van der Waals surface area contributed by atoms with Crippen LogP contribution in [0.5, 0.6) is 0 Å². The Morgan fingerprint density at radius 3 is 2.83 bits per heavy atom. The number of thiophene rings is 1. The Morgan fingerprint density at radius 1 is 1.33 bits per heavy atom. The molecule has 7 heteroatoms. The normalized spacial score (nSPS) is 20.3. The minimum Gasteiger partial charge on any atom is -0.353 e. The van der Waals surface area contributed by atoms with E-state index in [4.69, 9.17) is 0 Å². The van der Waals surface area contributed by atoms with E-state index in [1.165, 1.54) is 29.1 Å². The Hall–Kier alpha value is -1.60. The minimum atomic E-state index is -0.255. The SMILES string of the molecule is O=C(CCCN1C(=O)S/C(=C/c2cccs2)C1=O)NC1CCCC1. The lowest BCUT2D eigenvalue weighted by Crippen LogP contribution is -2.34. The molecule has 1 aromatic heterocycles. The monoisotopic (exact) mass is 364 g/mol. The highest BCUT2D eigenvalue weighted by molar-refractivity contribution is 8.18. The standard InChI is InChI=1S/C17H20N2O3S2/c20-15(18-12-5-1-2-6-12)8-3-9-19-16(21)14(24-17(19)22)11-13-7-4-10-23-13/h4,7,10-12H,1-3,5-6,8-9H2,(H,18,20)/b14-11+. The summed E-state index contributed by atoms with van der Waals surface area (Å²) in [5, 5.41) is 4.70. The molecule has 5 nitrogen and oxygen atoms in total. The van der Waals surface area contributed by atoms with Gasteiger partial charge in [-0.2, -0.15) is 0 Å². The van der Waals surface area contributed by atoms with Crippen molar-refractivity contribution in [3.8, 4) is 0 Å². The van der Waals surface area contributed by atoms with Crippen molar-refractivity contribution in [1.29, 1.82) is 0 Å². The maximum Gasteiger partial charge on any atom is 0.293 e. The molecular formula is C17H20N2O3S2. The van der Waals surface area contributed by atoms with Gasteiger partial charge in [0.15, 0.2) is 0 Å². The highest BCUT2D eigenvalue weighted by Gasteiger charge is 2.34. The quantitative estimate of drug-likeness (QED) is 0.783. The molecule has 3 rings (SSSR count). The predicted octanol–water partition coefficient (Wildman–Crippen LogP) is 3.62. The van der Waals surface area contributed by atoms with Crippen LogP contribution in [0, 0.1) is 0 Å². The van der Waals surface area contributed by atoms with E-state index in [1.807, 2.05) is 17.5 Å². The highest BCUT2D eigenvalue weighted by Crippen LogP contribution is 2.33. The first kappa shape index (κ1) is 17.2. The van der Waals surface area contributed by atoms with Crippen LogP contribution in [0.4, 0.5) is 4.79 Å². The van der Waals surface area contributed by atoms with E-state index < -0.39 is 0 Å². The molecule has 1 saturated heterocycles. The van der Waals surface area contributed by atoms with Crippen LogP contribution in [0.2, 0.25) is 0 Å². The summed E-state index contributed by atoms with van der Waals surface area (Å²) >= 11 is 2.50. The van der Waals surface area contributed by atoms with Gasteiger partial charge < -0.3 is 5.32 Å². The summed E-state index contributed by atoms with van der Waals surface area (Å²) in [7, 11) is 0. The molecule has 2 fully saturated rings. The maximum absolute atomic E-state index is 12.3. The Kier molecular flexibility index (Phi) is 5.73. The molecule has 1 saturated carbocycles. The van der Waals surface area contributed by atoms with Gasteiger partial charge in [0.2, 0.25) is 5.91 Å². The highest BCUT2D eigenvalue weighted by atomic mass is 32.2. The average Bonchev–Trinajstić information content (AvgIpc) is 3.27. The van der Waals surface area contributed by atoms with Gasteiger partial charge in [-0.05, 0) is 48.5 Å². The summed E-state index contributed by atoms with van der Waals surface area (Å²) in [5.41, 5.74) is 0. The van der Waals surface area contributed by atoms with Crippen molar-refractivity contribution in [3.05, 3.63) is 27.3 Å². The van der Waals surface area contributed by atoms with Crippen molar-refractivity contribution in [2.24, 2.45) is 0 Å². The molecule has 1 aliphatic heterocycles. The first-order chi connectivity index (χ1) is 11.6.